The van der Waals surface area contributed by atoms with Crippen molar-refractivity contribution in [3.63, 3.8) is 0 Å². The van der Waals surface area contributed by atoms with Gasteiger partial charge in [-0.3, -0.25) is 4.79 Å². The smallest absolute Gasteiger partial charge is 0.251 e. The van der Waals surface area contributed by atoms with Gasteiger partial charge in [-0.1, -0.05) is 0 Å². The Kier molecular flexibility index (Phi) is 5.21. The summed E-state index contributed by atoms with van der Waals surface area (Å²) in [5, 5.41) is 6.38. The lowest BCUT2D eigenvalue weighted by molar-refractivity contribution is 0.0952. The number of rotatable bonds is 6. The zero-order valence-electron chi connectivity index (χ0n) is 11.4. The highest BCUT2D eigenvalue weighted by molar-refractivity contribution is 5.94. The first-order chi connectivity index (χ1) is 9.29. The molecule has 0 aromatic heterocycles. The summed E-state index contributed by atoms with van der Waals surface area (Å²) in [6, 6.07) is 7.83. The minimum Gasteiger partial charge on any atom is -0.494 e. The maximum Gasteiger partial charge on any atom is 0.251 e. The quantitative estimate of drug-likeness (QED) is 0.824. The summed E-state index contributed by atoms with van der Waals surface area (Å²) >= 11 is 0. The van der Waals surface area contributed by atoms with Gasteiger partial charge in [-0.05, 0) is 57.0 Å². The number of benzene rings is 1. The van der Waals surface area contributed by atoms with Crippen LogP contribution in [-0.2, 0) is 0 Å². The summed E-state index contributed by atoms with van der Waals surface area (Å²) in [6.45, 7) is 4.42. The van der Waals surface area contributed by atoms with Crippen molar-refractivity contribution in [1.29, 1.82) is 0 Å². The molecule has 1 saturated heterocycles. The first-order valence-electron chi connectivity index (χ1n) is 7.04. The predicted molar refractivity (Wildman–Crippen MR) is 75.6 cm³/mol. The molecule has 0 radical (unpaired) electrons. The third-order valence-corrected chi connectivity index (χ3v) is 3.37. The van der Waals surface area contributed by atoms with E-state index in [1.54, 1.807) is 12.1 Å². The number of amides is 1. The molecule has 1 aromatic rings. The first-order valence-corrected chi connectivity index (χ1v) is 7.04. The van der Waals surface area contributed by atoms with E-state index in [-0.39, 0.29) is 5.91 Å². The number of nitrogens with one attached hydrogen (secondary N) is 2. The normalized spacial score (nSPS) is 18.3. The average Bonchev–Trinajstić information content (AvgIpc) is 2.93. The average molecular weight is 262 g/mol. The van der Waals surface area contributed by atoms with Crippen LogP contribution < -0.4 is 15.4 Å². The van der Waals surface area contributed by atoms with Gasteiger partial charge in [-0.15, -0.1) is 0 Å². The molecule has 1 aliphatic rings. The monoisotopic (exact) mass is 262 g/mol. The van der Waals surface area contributed by atoms with Crippen molar-refractivity contribution in [3.05, 3.63) is 29.8 Å². The van der Waals surface area contributed by atoms with Crippen LogP contribution in [0.25, 0.3) is 0 Å². The zero-order chi connectivity index (χ0) is 13.5. The Bertz CT molecular complexity index is 397. The number of carbonyl (C=O) groups is 1. The fourth-order valence-corrected chi connectivity index (χ4v) is 2.33. The van der Waals surface area contributed by atoms with Gasteiger partial charge < -0.3 is 15.4 Å². The summed E-state index contributed by atoms with van der Waals surface area (Å²) < 4.78 is 5.35. The van der Waals surface area contributed by atoms with E-state index in [0.29, 0.717) is 18.2 Å². The molecule has 4 heteroatoms. The number of carbonyl (C=O) groups excluding carboxylic acids is 1. The van der Waals surface area contributed by atoms with E-state index in [9.17, 15) is 4.79 Å². The highest BCUT2D eigenvalue weighted by Gasteiger charge is 2.13. The molecule has 1 aromatic carbocycles. The maximum atomic E-state index is 11.9. The molecule has 19 heavy (non-hydrogen) atoms. The topological polar surface area (TPSA) is 50.4 Å². The van der Waals surface area contributed by atoms with E-state index in [2.05, 4.69) is 10.6 Å². The van der Waals surface area contributed by atoms with Crippen molar-refractivity contribution < 1.29 is 9.53 Å². The Morgan fingerprint density at radius 1 is 1.42 bits per heavy atom. The predicted octanol–water partition coefficient (Wildman–Crippen LogP) is 1.96. The lowest BCUT2D eigenvalue weighted by Gasteiger charge is -2.11. The van der Waals surface area contributed by atoms with Gasteiger partial charge in [0, 0.05) is 18.2 Å². The molecule has 2 rings (SSSR count). The molecule has 0 aliphatic carbocycles. The van der Waals surface area contributed by atoms with E-state index in [0.717, 1.165) is 25.3 Å². The molecule has 0 spiro atoms. The van der Waals surface area contributed by atoms with Crippen molar-refractivity contribution in [3.8, 4) is 5.75 Å². The molecule has 2 N–H and O–H groups in total. The molecule has 0 unspecified atom stereocenters. The van der Waals surface area contributed by atoms with E-state index in [4.69, 9.17) is 4.74 Å². The molecule has 4 nitrogen and oxygen atoms in total. The first kappa shape index (κ1) is 13.9. The summed E-state index contributed by atoms with van der Waals surface area (Å²) in [6.07, 6.45) is 3.47. The maximum absolute atomic E-state index is 11.9. The Balaban J connectivity index is 1.75. The van der Waals surface area contributed by atoms with Gasteiger partial charge in [-0.2, -0.15) is 0 Å². The van der Waals surface area contributed by atoms with E-state index in [1.165, 1.54) is 12.8 Å². The SMILES string of the molecule is CCOc1ccc(C(=O)NCC[C@@H]2CCCN2)cc1. The van der Waals surface area contributed by atoms with Crippen LogP contribution >= 0.6 is 0 Å². The van der Waals surface area contributed by atoms with Gasteiger partial charge in [-0.25, -0.2) is 0 Å². The molecule has 1 heterocycles. The standard InChI is InChI=1S/C15H22N2O2/c1-2-19-14-7-5-12(6-8-14)15(18)17-11-9-13-4-3-10-16-13/h5-8,13,16H,2-4,9-11H2,1H3,(H,17,18)/t13-/m0/s1. The molecule has 104 valence electrons. The molecule has 1 amide bonds. The van der Waals surface area contributed by atoms with Crippen LogP contribution in [0, 0.1) is 0 Å². The third kappa shape index (κ3) is 4.24. The van der Waals surface area contributed by atoms with Gasteiger partial charge in [0.05, 0.1) is 6.61 Å². The van der Waals surface area contributed by atoms with Gasteiger partial charge in [0.25, 0.3) is 5.91 Å². The second-order valence-electron chi connectivity index (χ2n) is 4.80. The van der Waals surface area contributed by atoms with Crippen molar-refractivity contribution in [2.45, 2.75) is 32.2 Å². The van der Waals surface area contributed by atoms with Gasteiger partial charge in [0.15, 0.2) is 0 Å². The van der Waals surface area contributed by atoms with E-state index >= 15 is 0 Å². The zero-order valence-corrected chi connectivity index (χ0v) is 11.4. The van der Waals surface area contributed by atoms with Gasteiger partial charge in [0.2, 0.25) is 0 Å². The lowest BCUT2D eigenvalue weighted by Crippen LogP contribution is -2.30. The summed E-state index contributed by atoms with van der Waals surface area (Å²) in [5.41, 5.74) is 0.683. The number of hydrogen-bond acceptors (Lipinski definition) is 3. The summed E-state index contributed by atoms with van der Waals surface area (Å²) in [5.74, 6) is 0.787. The number of ether oxygens (including phenoxy) is 1. The highest BCUT2D eigenvalue weighted by atomic mass is 16.5. The second kappa shape index (κ2) is 7.14. The van der Waals surface area contributed by atoms with Crippen LogP contribution in [0.3, 0.4) is 0 Å². The van der Waals surface area contributed by atoms with Crippen molar-refractivity contribution in [1.82, 2.24) is 10.6 Å². The largest absolute Gasteiger partial charge is 0.494 e. The third-order valence-electron chi connectivity index (χ3n) is 3.37. The van der Waals surface area contributed by atoms with Crippen molar-refractivity contribution in [2.75, 3.05) is 19.7 Å². The van der Waals surface area contributed by atoms with Crippen LogP contribution in [0.1, 0.15) is 36.5 Å². The summed E-state index contributed by atoms with van der Waals surface area (Å²) in [7, 11) is 0. The van der Waals surface area contributed by atoms with Crippen LogP contribution in [-0.4, -0.2) is 31.6 Å². The Hall–Kier alpha value is -1.55. The molecule has 1 atom stereocenters. The molecule has 0 saturated carbocycles. The van der Waals surface area contributed by atoms with Crippen LogP contribution in [0.4, 0.5) is 0 Å². The van der Waals surface area contributed by atoms with Gasteiger partial charge in [0.1, 0.15) is 5.75 Å². The van der Waals surface area contributed by atoms with E-state index in [1.807, 2.05) is 19.1 Å². The van der Waals surface area contributed by atoms with Gasteiger partial charge >= 0.3 is 0 Å². The minimum atomic E-state index is -0.0129. The van der Waals surface area contributed by atoms with Crippen molar-refractivity contribution in [2.24, 2.45) is 0 Å². The fourth-order valence-electron chi connectivity index (χ4n) is 2.33. The number of hydrogen-bond donors (Lipinski definition) is 2. The van der Waals surface area contributed by atoms with Crippen LogP contribution in [0.15, 0.2) is 24.3 Å². The fraction of sp³-hybridized carbons (Fsp3) is 0.533. The van der Waals surface area contributed by atoms with E-state index < -0.39 is 0 Å². The molecular weight excluding hydrogens is 240 g/mol. The summed E-state index contributed by atoms with van der Waals surface area (Å²) in [4.78, 5) is 11.9. The molecule has 1 fully saturated rings. The second-order valence-corrected chi connectivity index (χ2v) is 4.80. The van der Waals surface area contributed by atoms with Crippen LogP contribution in [0.5, 0.6) is 5.75 Å². The Labute approximate surface area is 114 Å². The minimum absolute atomic E-state index is 0.0129. The molecular formula is C15H22N2O2. The lowest BCUT2D eigenvalue weighted by atomic mass is 10.1. The Morgan fingerprint density at radius 3 is 2.84 bits per heavy atom. The van der Waals surface area contributed by atoms with Crippen molar-refractivity contribution >= 4 is 5.91 Å². The highest BCUT2D eigenvalue weighted by Crippen LogP contribution is 2.12. The molecule has 1 aliphatic heterocycles. The Morgan fingerprint density at radius 2 is 2.21 bits per heavy atom. The van der Waals surface area contributed by atoms with Crippen LogP contribution in [0.2, 0.25) is 0 Å². The molecule has 0 bridgehead atoms.